The Balaban J connectivity index is 2.18. The van der Waals surface area contributed by atoms with Gasteiger partial charge in [0, 0.05) is 12.3 Å². The first kappa shape index (κ1) is 9.58. The average Bonchev–Trinajstić information content (AvgIpc) is 2.66. The Hall–Kier alpha value is -1.97. The predicted octanol–water partition coefficient (Wildman–Crippen LogP) is 1.23. The summed E-state index contributed by atoms with van der Waals surface area (Å²) in [5.74, 6) is 0.817. The number of benzene rings is 1. The van der Waals surface area contributed by atoms with Gasteiger partial charge in [-0.25, -0.2) is 4.68 Å². The van der Waals surface area contributed by atoms with Gasteiger partial charge in [-0.15, -0.1) is 0 Å². The first-order valence-corrected chi connectivity index (χ1v) is 4.67. The summed E-state index contributed by atoms with van der Waals surface area (Å²) in [5, 5.41) is 2.86. The van der Waals surface area contributed by atoms with Crippen LogP contribution >= 0.6 is 0 Å². The summed E-state index contributed by atoms with van der Waals surface area (Å²) >= 11 is 0. The van der Waals surface area contributed by atoms with E-state index in [9.17, 15) is 4.79 Å². The summed E-state index contributed by atoms with van der Waals surface area (Å²) in [6, 6.07) is 9.13. The number of nitrogens with zero attached hydrogens (tertiary/aromatic N) is 1. The molecule has 1 aromatic carbocycles. The highest BCUT2D eigenvalue weighted by molar-refractivity contribution is 5.27. The number of methoxy groups -OCH3 is 1. The van der Waals surface area contributed by atoms with E-state index in [1.807, 2.05) is 24.3 Å². The average molecular weight is 204 g/mol. The van der Waals surface area contributed by atoms with E-state index in [2.05, 4.69) is 5.10 Å². The van der Waals surface area contributed by atoms with Crippen LogP contribution in [0.15, 0.2) is 41.3 Å². The largest absolute Gasteiger partial charge is 0.497 e. The smallest absolute Gasteiger partial charge is 0.266 e. The molecule has 1 aromatic heterocycles. The van der Waals surface area contributed by atoms with Crippen molar-refractivity contribution < 1.29 is 4.74 Å². The highest BCUT2D eigenvalue weighted by atomic mass is 16.5. The van der Waals surface area contributed by atoms with E-state index in [1.54, 1.807) is 18.0 Å². The van der Waals surface area contributed by atoms with E-state index >= 15 is 0 Å². The number of aromatic nitrogens is 2. The van der Waals surface area contributed by atoms with Crippen molar-refractivity contribution in [3.63, 3.8) is 0 Å². The molecule has 2 aromatic rings. The zero-order valence-corrected chi connectivity index (χ0v) is 8.43. The van der Waals surface area contributed by atoms with E-state index in [0.717, 1.165) is 11.3 Å². The molecule has 0 aliphatic carbocycles. The van der Waals surface area contributed by atoms with Crippen LogP contribution in [0.25, 0.3) is 0 Å². The molecule has 0 aliphatic heterocycles. The second-order valence-electron chi connectivity index (χ2n) is 3.23. The molecule has 0 atom stereocenters. The van der Waals surface area contributed by atoms with Crippen molar-refractivity contribution >= 4 is 0 Å². The van der Waals surface area contributed by atoms with Gasteiger partial charge in [-0.1, -0.05) is 12.1 Å². The molecule has 0 radical (unpaired) electrons. The lowest BCUT2D eigenvalue weighted by Gasteiger charge is -2.03. The molecule has 2 rings (SSSR count). The number of nitrogens with one attached hydrogen (secondary N) is 1. The standard InChI is InChI=1S/C11H12N2O2/c1-15-10-4-2-9(3-5-10)8-13-11(14)6-7-12-13/h2-7,12H,8H2,1H3. The monoisotopic (exact) mass is 204 g/mol. The summed E-state index contributed by atoms with van der Waals surface area (Å²) in [6.45, 7) is 0.551. The van der Waals surface area contributed by atoms with Crippen molar-refractivity contribution in [2.45, 2.75) is 6.54 Å². The molecule has 4 heteroatoms. The zero-order chi connectivity index (χ0) is 10.7. The summed E-state index contributed by atoms with van der Waals surface area (Å²) < 4.78 is 6.60. The number of rotatable bonds is 3. The third kappa shape index (κ3) is 2.10. The topological polar surface area (TPSA) is 47.0 Å². The maximum absolute atomic E-state index is 11.3. The molecular formula is C11H12N2O2. The van der Waals surface area contributed by atoms with Crippen LogP contribution < -0.4 is 10.3 Å². The number of hydrogen-bond acceptors (Lipinski definition) is 2. The second-order valence-corrected chi connectivity index (χ2v) is 3.23. The first-order valence-electron chi connectivity index (χ1n) is 4.67. The predicted molar refractivity (Wildman–Crippen MR) is 57.1 cm³/mol. The fraction of sp³-hybridized carbons (Fsp3) is 0.182. The molecule has 0 fully saturated rings. The Bertz CT molecular complexity index is 482. The Morgan fingerprint density at radius 2 is 2.00 bits per heavy atom. The SMILES string of the molecule is COc1ccc(Cn2[nH]ccc2=O)cc1. The minimum absolute atomic E-state index is 0.0224. The number of aromatic amines is 1. The minimum Gasteiger partial charge on any atom is -0.497 e. The van der Waals surface area contributed by atoms with Crippen LogP contribution in [0.4, 0.5) is 0 Å². The van der Waals surface area contributed by atoms with Crippen LogP contribution in [-0.2, 0) is 6.54 Å². The van der Waals surface area contributed by atoms with Gasteiger partial charge in [-0.05, 0) is 17.7 Å². The van der Waals surface area contributed by atoms with Gasteiger partial charge in [0.1, 0.15) is 5.75 Å². The molecule has 0 amide bonds. The molecule has 15 heavy (non-hydrogen) atoms. The number of ether oxygens (including phenoxy) is 1. The van der Waals surface area contributed by atoms with E-state index in [-0.39, 0.29) is 5.56 Å². The normalized spacial score (nSPS) is 10.2. The lowest BCUT2D eigenvalue weighted by molar-refractivity contribution is 0.414. The van der Waals surface area contributed by atoms with Gasteiger partial charge < -0.3 is 9.84 Å². The highest BCUT2D eigenvalue weighted by Gasteiger charge is 1.98. The van der Waals surface area contributed by atoms with Crippen LogP contribution in [-0.4, -0.2) is 16.9 Å². The van der Waals surface area contributed by atoms with Gasteiger partial charge in [0.05, 0.1) is 13.7 Å². The van der Waals surface area contributed by atoms with Crippen LogP contribution in [0.2, 0.25) is 0 Å². The second kappa shape index (κ2) is 4.04. The molecule has 0 spiro atoms. The molecule has 1 heterocycles. The van der Waals surface area contributed by atoms with Gasteiger partial charge >= 0.3 is 0 Å². The Morgan fingerprint density at radius 3 is 2.53 bits per heavy atom. The van der Waals surface area contributed by atoms with Gasteiger partial charge in [0.15, 0.2) is 0 Å². The van der Waals surface area contributed by atoms with Gasteiger partial charge in [0.2, 0.25) is 0 Å². The van der Waals surface area contributed by atoms with Crippen LogP contribution in [0.3, 0.4) is 0 Å². The van der Waals surface area contributed by atoms with Crippen molar-refractivity contribution in [2.75, 3.05) is 7.11 Å². The Labute approximate surface area is 87.1 Å². The van der Waals surface area contributed by atoms with Crippen molar-refractivity contribution in [1.82, 2.24) is 9.78 Å². The fourth-order valence-electron chi connectivity index (χ4n) is 1.39. The Morgan fingerprint density at radius 1 is 1.27 bits per heavy atom. The summed E-state index contributed by atoms with van der Waals surface area (Å²) in [4.78, 5) is 11.3. The molecule has 78 valence electrons. The van der Waals surface area contributed by atoms with Crippen molar-refractivity contribution in [3.8, 4) is 5.75 Å². The molecule has 0 aliphatic rings. The third-order valence-corrected chi connectivity index (χ3v) is 2.22. The number of hydrogen-bond donors (Lipinski definition) is 1. The van der Waals surface area contributed by atoms with Gasteiger partial charge in [0.25, 0.3) is 5.56 Å². The van der Waals surface area contributed by atoms with E-state index in [4.69, 9.17) is 4.74 Å². The van der Waals surface area contributed by atoms with E-state index in [1.165, 1.54) is 6.07 Å². The van der Waals surface area contributed by atoms with Crippen LogP contribution in [0.1, 0.15) is 5.56 Å². The van der Waals surface area contributed by atoms with Crippen LogP contribution in [0, 0.1) is 0 Å². The summed E-state index contributed by atoms with van der Waals surface area (Å²) in [5.41, 5.74) is 1.03. The summed E-state index contributed by atoms with van der Waals surface area (Å²) in [7, 11) is 1.63. The molecule has 0 saturated carbocycles. The third-order valence-electron chi connectivity index (χ3n) is 2.22. The zero-order valence-electron chi connectivity index (χ0n) is 8.43. The molecular weight excluding hydrogens is 192 g/mol. The first-order chi connectivity index (χ1) is 7.29. The van der Waals surface area contributed by atoms with Gasteiger partial charge in [-0.2, -0.15) is 0 Å². The number of H-pyrrole nitrogens is 1. The van der Waals surface area contributed by atoms with E-state index in [0.29, 0.717) is 6.54 Å². The maximum atomic E-state index is 11.3. The molecule has 0 saturated heterocycles. The fourth-order valence-corrected chi connectivity index (χ4v) is 1.39. The quantitative estimate of drug-likeness (QED) is 0.817. The van der Waals surface area contributed by atoms with Crippen molar-refractivity contribution in [1.29, 1.82) is 0 Å². The minimum atomic E-state index is -0.0224. The van der Waals surface area contributed by atoms with Gasteiger partial charge in [-0.3, -0.25) is 4.79 Å². The maximum Gasteiger partial charge on any atom is 0.266 e. The van der Waals surface area contributed by atoms with Crippen molar-refractivity contribution in [2.24, 2.45) is 0 Å². The molecule has 4 nitrogen and oxygen atoms in total. The summed E-state index contributed by atoms with van der Waals surface area (Å²) in [6.07, 6.45) is 1.63. The lowest BCUT2D eigenvalue weighted by Crippen LogP contribution is -2.16. The molecule has 0 unspecified atom stereocenters. The molecule has 0 bridgehead atoms. The molecule has 1 N–H and O–H groups in total. The van der Waals surface area contributed by atoms with E-state index < -0.39 is 0 Å². The van der Waals surface area contributed by atoms with Crippen LogP contribution in [0.5, 0.6) is 5.75 Å². The van der Waals surface area contributed by atoms with Crippen molar-refractivity contribution in [3.05, 3.63) is 52.4 Å². The lowest BCUT2D eigenvalue weighted by atomic mass is 10.2. The highest BCUT2D eigenvalue weighted by Crippen LogP contribution is 2.11. The Kier molecular flexibility index (Phi) is 2.58.